The number of aromatic nitrogens is 4. The molecule has 0 bridgehead atoms. The van der Waals surface area contributed by atoms with Crippen molar-refractivity contribution in [3.8, 4) is 5.75 Å². The van der Waals surface area contributed by atoms with Crippen LogP contribution in [0, 0.1) is 5.92 Å². The second-order valence-electron chi connectivity index (χ2n) is 14.1. The first-order valence-electron chi connectivity index (χ1n) is 18.5. The Kier molecular flexibility index (Phi) is 13.1. The van der Waals surface area contributed by atoms with Gasteiger partial charge in [-0.1, -0.05) is 42.5 Å². The van der Waals surface area contributed by atoms with Gasteiger partial charge in [-0.15, -0.1) is 0 Å². The molecule has 4 heterocycles. The number of para-hydroxylation sites is 1. The fourth-order valence-corrected chi connectivity index (χ4v) is 7.80. The summed E-state index contributed by atoms with van der Waals surface area (Å²) in [6.07, 6.45) is 8.66. The van der Waals surface area contributed by atoms with E-state index in [0.29, 0.717) is 61.1 Å². The number of carbonyl (C=O) groups excluding carboxylic acids is 2. The summed E-state index contributed by atoms with van der Waals surface area (Å²) in [4.78, 5) is 43.8. The molecule has 0 saturated heterocycles. The van der Waals surface area contributed by atoms with Gasteiger partial charge >= 0.3 is 0 Å². The summed E-state index contributed by atoms with van der Waals surface area (Å²) in [7, 11) is -0.357. The zero-order valence-electron chi connectivity index (χ0n) is 32.1. The number of nitrogens with two attached hydrogens (primary N) is 1. The van der Waals surface area contributed by atoms with Crippen molar-refractivity contribution in [2.45, 2.75) is 30.7 Å². The van der Waals surface area contributed by atoms with Crippen LogP contribution in [-0.4, -0.2) is 89.0 Å². The lowest BCUT2D eigenvalue weighted by Crippen LogP contribution is -2.74. The van der Waals surface area contributed by atoms with Gasteiger partial charge in [-0.2, -0.15) is 5.48 Å². The molecule has 302 valence electrons. The van der Waals surface area contributed by atoms with Crippen LogP contribution in [0.3, 0.4) is 0 Å². The molecular formula is C41H46N9O7S+. The summed E-state index contributed by atoms with van der Waals surface area (Å²) in [5, 5.41) is 13.1. The van der Waals surface area contributed by atoms with E-state index < -0.39 is 15.9 Å². The molecule has 6 aromatic rings. The van der Waals surface area contributed by atoms with Crippen LogP contribution in [0.1, 0.15) is 44.0 Å². The average molecular weight is 809 g/mol. The number of amides is 2. The van der Waals surface area contributed by atoms with Gasteiger partial charge in [0.1, 0.15) is 17.3 Å². The quantitative estimate of drug-likeness (QED) is 0.0873. The number of quaternary nitrogens is 1. The molecule has 16 nitrogen and oxygen atoms in total. The molecule has 3 aromatic heterocycles. The van der Waals surface area contributed by atoms with Crippen molar-refractivity contribution in [1.82, 2.24) is 29.0 Å². The summed E-state index contributed by atoms with van der Waals surface area (Å²) in [6, 6.07) is 24.4. The number of carbonyl (C=O) groups is 2. The number of hydrogen-bond donors (Lipinski definition) is 4. The van der Waals surface area contributed by atoms with Gasteiger partial charge in [-0.3, -0.25) is 14.6 Å². The number of benzene rings is 3. The molecule has 0 aliphatic carbocycles. The summed E-state index contributed by atoms with van der Waals surface area (Å²) in [5.41, 5.74) is 4.79. The van der Waals surface area contributed by atoms with E-state index in [9.17, 15) is 23.2 Å². The van der Waals surface area contributed by atoms with Crippen LogP contribution in [0.5, 0.6) is 5.75 Å². The standard InChI is InChI=1S/C41H43N9O6S.H2O/c1-48(2)19-16-28(27-56-31-9-4-3-5-10-31)22-30-14-15-32(23-36(30)46-53)57(54,55)47-41(52)35-12-7-13-38(43-35)49-20-17-29-8-6-11-33(34(29)25-49)40(51)45-37-26-50-21-18-42-24-39(50)44-37;/h3-15,18,21,23-24,26,28,46,53H,16-17,19-20,22,25,27H2,1-2H3,(H,45,51)(H,47,52);1H2/p+1/t28-;/m0./s1. The highest BCUT2D eigenvalue weighted by Gasteiger charge is 2.26. The molecule has 1 atom stereocenters. The van der Waals surface area contributed by atoms with Gasteiger partial charge in [0.25, 0.3) is 21.8 Å². The molecule has 1 aliphatic heterocycles. The summed E-state index contributed by atoms with van der Waals surface area (Å²) in [6.45, 7) is 2.16. The third-order valence-corrected chi connectivity index (χ3v) is 11.2. The Morgan fingerprint density at radius 1 is 1.00 bits per heavy atom. The maximum absolute atomic E-state index is 13.5. The van der Waals surface area contributed by atoms with E-state index in [1.807, 2.05) is 61.5 Å². The zero-order valence-corrected chi connectivity index (χ0v) is 32.9. The molecule has 3 aromatic carbocycles. The van der Waals surface area contributed by atoms with Crippen LogP contribution in [0.15, 0.2) is 115 Å². The lowest BCUT2D eigenvalue weighted by molar-refractivity contribution is -0.826. The van der Waals surface area contributed by atoms with Gasteiger partial charge in [0.05, 0.1) is 23.9 Å². The highest BCUT2D eigenvalue weighted by atomic mass is 32.2. The molecule has 0 radical (unpaired) electrons. The molecule has 1 aliphatic rings. The van der Waals surface area contributed by atoms with Gasteiger partial charge in [0, 0.05) is 42.7 Å². The van der Waals surface area contributed by atoms with E-state index in [0.717, 1.165) is 40.9 Å². The van der Waals surface area contributed by atoms with Gasteiger partial charge in [-0.25, -0.2) is 28.3 Å². The van der Waals surface area contributed by atoms with Crippen molar-refractivity contribution in [3.05, 3.63) is 138 Å². The van der Waals surface area contributed by atoms with E-state index >= 15 is 0 Å². The highest BCUT2D eigenvalue weighted by Crippen LogP contribution is 2.28. The van der Waals surface area contributed by atoms with Crippen LogP contribution in [0.4, 0.5) is 17.3 Å². The van der Waals surface area contributed by atoms with Crippen LogP contribution in [0.25, 0.3) is 5.65 Å². The normalized spacial score (nSPS) is 13.1. The SMILES string of the molecule is CN(C)CC[C@H](COc1ccccc1)Cc1ccc(S(=O)(=O)NC(=O)c2cccc(N3CCc4cccc(C(=O)Nc5cn6ccncc6n5)c4C3)n2)cc1[NH2+]O.O. The predicted molar refractivity (Wildman–Crippen MR) is 217 cm³/mol. The van der Waals surface area contributed by atoms with E-state index in [1.54, 1.807) is 53.5 Å². The molecule has 0 saturated carbocycles. The third-order valence-electron chi connectivity index (χ3n) is 9.83. The van der Waals surface area contributed by atoms with E-state index in [4.69, 9.17) is 4.74 Å². The minimum atomic E-state index is -4.35. The van der Waals surface area contributed by atoms with Crippen LogP contribution in [-0.2, 0) is 29.4 Å². The van der Waals surface area contributed by atoms with Crippen molar-refractivity contribution >= 4 is 44.8 Å². The number of pyridine rings is 1. The molecule has 2 amide bonds. The number of ether oxygens (including phenoxy) is 1. The lowest BCUT2D eigenvalue weighted by atomic mass is 9.94. The van der Waals surface area contributed by atoms with Crippen molar-refractivity contribution in [1.29, 1.82) is 0 Å². The summed E-state index contributed by atoms with van der Waals surface area (Å²) < 4.78 is 37.0. The fraction of sp³-hybridized carbons (Fsp3) is 0.244. The number of fused-ring (bicyclic) bond motifs is 2. The number of imidazole rings is 1. The molecule has 7 N–H and O–H groups in total. The second kappa shape index (κ2) is 18.4. The number of anilines is 2. The number of nitrogens with zero attached hydrogens (tertiary/aromatic N) is 6. The Hall–Kier alpha value is -6.24. The minimum absolute atomic E-state index is 0. The lowest BCUT2D eigenvalue weighted by Gasteiger charge is -2.31. The van der Waals surface area contributed by atoms with Crippen molar-refractivity contribution in [2.75, 3.05) is 44.0 Å². The molecule has 7 rings (SSSR count). The van der Waals surface area contributed by atoms with Gasteiger partial charge in [0.2, 0.25) is 0 Å². The molecule has 0 unspecified atom stereocenters. The number of hydrogen-bond acceptors (Lipinski definition) is 11. The first-order valence-corrected chi connectivity index (χ1v) is 20.0. The van der Waals surface area contributed by atoms with Gasteiger partial charge < -0.3 is 29.7 Å². The molecule has 0 fully saturated rings. The number of sulfonamides is 1. The topological polar surface area (TPSA) is 219 Å². The van der Waals surface area contributed by atoms with Crippen LogP contribution >= 0.6 is 0 Å². The number of rotatable bonds is 15. The first-order chi connectivity index (χ1) is 27.6. The predicted octanol–water partition coefficient (Wildman–Crippen LogP) is 3.01. The monoisotopic (exact) mass is 808 g/mol. The number of nitrogens with one attached hydrogen (secondary N) is 2. The van der Waals surface area contributed by atoms with E-state index in [1.165, 1.54) is 18.2 Å². The minimum Gasteiger partial charge on any atom is -0.493 e. The Morgan fingerprint density at radius 3 is 2.59 bits per heavy atom. The average Bonchev–Trinajstić information content (AvgIpc) is 3.64. The van der Waals surface area contributed by atoms with Crippen LogP contribution in [0.2, 0.25) is 0 Å². The fourth-order valence-electron chi connectivity index (χ4n) is 6.81. The highest BCUT2D eigenvalue weighted by molar-refractivity contribution is 7.90. The largest absolute Gasteiger partial charge is 0.493 e. The van der Waals surface area contributed by atoms with E-state index in [-0.39, 0.29) is 27.9 Å². The maximum atomic E-state index is 13.5. The van der Waals surface area contributed by atoms with Gasteiger partial charge in [-0.05, 0) is 93.3 Å². The Balaban J connectivity index is 0.00000567. The Bertz CT molecular complexity index is 2460. The van der Waals surface area contributed by atoms with Crippen molar-refractivity contribution in [2.24, 2.45) is 5.92 Å². The van der Waals surface area contributed by atoms with E-state index in [2.05, 4.69) is 29.9 Å². The first kappa shape index (κ1) is 41.4. The molecule has 58 heavy (non-hydrogen) atoms. The smallest absolute Gasteiger partial charge is 0.283 e. The summed E-state index contributed by atoms with van der Waals surface area (Å²) in [5.74, 6) is 0.461. The Morgan fingerprint density at radius 2 is 1.81 bits per heavy atom. The zero-order chi connectivity index (χ0) is 39.9. The van der Waals surface area contributed by atoms with Crippen molar-refractivity contribution in [3.63, 3.8) is 0 Å². The second-order valence-corrected chi connectivity index (χ2v) is 15.8. The third kappa shape index (κ3) is 9.82. The molecule has 17 heteroatoms. The maximum Gasteiger partial charge on any atom is 0.283 e. The molecular weight excluding hydrogens is 763 g/mol. The Labute approximate surface area is 335 Å². The van der Waals surface area contributed by atoms with Gasteiger partial charge in [0.15, 0.2) is 17.2 Å². The molecule has 0 spiro atoms. The summed E-state index contributed by atoms with van der Waals surface area (Å²) >= 11 is 0. The van der Waals surface area contributed by atoms with Crippen molar-refractivity contribution < 1.29 is 38.9 Å². The van der Waals surface area contributed by atoms with Crippen LogP contribution < -0.4 is 25.2 Å².